The maximum Gasteiger partial charge on any atom is 0.273 e. The van der Waals surface area contributed by atoms with Crippen molar-refractivity contribution in [2.45, 2.75) is 17.1 Å². The molecule has 0 saturated carbocycles. The molecule has 130 valence electrons. The first-order chi connectivity index (χ1) is 11.9. The van der Waals surface area contributed by atoms with E-state index in [2.05, 4.69) is 4.72 Å². The van der Waals surface area contributed by atoms with E-state index in [1.807, 2.05) is 36.4 Å². The molecule has 1 heterocycles. The van der Waals surface area contributed by atoms with E-state index >= 15 is 0 Å². The minimum atomic E-state index is -3.82. The number of nitrogens with one attached hydrogen (secondary N) is 1. The van der Waals surface area contributed by atoms with Crippen molar-refractivity contribution in [3.8, 4) is 5.75 Å². The van der Waals surface area contributed by atoms with Crippen LogP contribution in [0.5, 0.6) is 5.75 Å². The minimum absolute atomic E-state index is 0.124. The number of sulfonamides is 1. The minimum Gasteiger partial charge on any atom is -0.497 e. The molecular weight excluding hydrogens is 358 g/mol. The van der Waals surface area contributed by atoms with Gasteiger partial charge in [0, 0.05) is 0 Å². The van der Waals surface area contributed by atoms with Crippen molar-refractivity contribution in [1.29, 1.82) is 0 Å². The predicted molar refractivity (Wildman–Crippen MR) is 98.6 cm³/mol. The van der Waals surface area contributed by atoms with Gasteiger partial charge in [0.05, 0.1) is 13.0 Å². The van der Waals surface area contributed by atoms with Crippen LogP contribution < -0.4 is 9.46 Å². The third-order valence-electron chi connectivity index (χ3n) is 3.96. The molecule has 7 heteroatoms. The molecular formula is C18H17NO4S2. The van der Waals surface area contributed by atoms with Crippen LogP contribution in [-0.2, 0) is 14.8 Å². The van der Waals surface area contributed by atoms with E-state index in [1.54, 1.807) is 25.5 Å². The summed E-state index contributed by atoms with van der Waals surface area (Å²) in [7, 11) is -2.21. The van der Waals surface area contributed by atoms with Crippen LogP contribution in [-0.4, -0.2) is 21.4 Å². The highest BCUT2D eigenvalue weighted by Crippen LogP contribution is 2.26. The number of hydrogen-bond acceptors (Lipinski definition) is 5. The molecule has 0 spiro atoms. The van der Waals surface area contributed by atoms with E-state index in [0.29, 0.717) is 0 Å². The quantitative estimate of drug-likeness (QED) is 0.741. The Kier molecular flexibility index (Phi) is 4.78. The molecule has 1 amide bonds. The van der Waals surface area contributed by atoms with E-state index < -0.39 is 21.8 Å². The summed E-state index contributed by atoms with van der Waals surface area (Å²) in [5.74, 6) is -0.393. The fraction of sp³-hybridized carbons (Fsp3) is 0.167. The first-order valence-electron chi connectivity index (χ1n) is 7.58. The lowest BCUT2D eigenvalue weighted by molar-refractivity contribution is -0.120. The molecule has 1 aromatic heterocycles. The molecule has 2 aromatic carbocycles. The molecule has 0 aliphatic heterocycles. The number of fused-ring (bicyclic) bond motifs is 1. The average Bonchev–Trinajstić information content (AvgIpc) is 3.15. The molecule has 25 heavy (non-hydrogen) atoms. The zero-order valence-corrected chi connectivity index (χ0v) is 15.4. The fourth-order valence-corrected chi connectivity index (χ4v) is 4.52. The van der Waals surface area contributed by atoms with Gasteiger partial charge in [0.1, 0.15) is 9.96 Å². The van der Waals surface area contributed by atoms with Crippen LogP contribution in [0.1, 0.15) is 18.4 Å². The van der Waals surface area contributed by atoms with Gasteiger partial charge in [-0.25, -0.2) is 13.1 Å². The van der Waals surface area contributed by atoms with Crippen molar-refractivity contribution in [3.63, 3.8) is 0 Å². The number of carbonyl (C=O) groups excluding carboxylic acids is 1. The summed E-state index contributed by atoms with van der Waals surface area (Å²) in [6, 6.07) is 14.4. The second-order valence-corrected chi connectivity index (χ2v) is 8.45. The Hall–Kier alpha value is -2.38. The highest BCUT2D eigenvalue weighted by atomic mass is 32.2. The van der Waals surface area contributed by atoms with Crippen LogP contribution in [0.3, 0.4) is 0 Å². The van der Waals surface area contributed by atoms with Crippen molar-refractivity contribution >= 4 is 38.0 Å². The summed E-state index contributed by atoms with van der Waals surface area (Å²) < 4.78 is 31.8. The summed E-state index contributed by atoms with van der Waals surface area (Å²) in [6.07, 6.45) is 0. The van der Waals surface area contributed by atoms with E-state index in [9.17, 15) is 13.2 Å². The van der Waals surface area contributed by atoms with Gasteiger partial charge in [-0.2, -0.15) is 0 Å². The maximum absolute atomic E-state index is 12.4. The topological polar surface area (TPSA) is 72.5 Å². The molecule has 5 nitrogen and oxygen atoms in total. The molecule has 1 unspecified atom stereocenters. The normalized spacial score (nSPS) is 12.7. The molecule has 0 bridgehead atoms. The standard InChI is InChI=1S/C18H17NO4S2/c1-12(18(20)19-25(21,22)17-4-3-9-24-17)13-5-6-15-11-16(23-2)8-7-14(15)10-13/h3-12H,1-2H3,(H,19,20). The number of thiophene rings is 1. The molecule has 1 N–H and O–H groups in total. The number of hydrogen-bond donors (Lipinski definition) is 1. The Bertz CT molecular complexity index is 1010. The van der Waals surface area contributed by atoms with E-state index in [4.69, 9.17) is 4.74 Å². The van der Waals surface area contributed by atoms with Crippen LogP contribution in [0, 0.1) is 0 Å². The molecule has 0 aliphatic rings. The van der Waals surface area contributed by atoms with Crippen LogP contribution in [0.25, 0.3) is 10.8 Å². The number of carbonyl (C=O) groups is 1. The molecule has 1 atom stereocenters. The van der Waals surface area contributed by atoms with Gasteiger partial charge in [-0.1, -0.05) is 30.3 Å². The van der Waals surface area contributed by atoms with Gasteiger partial charge in [-0.05, 0) is 46.8 Å². The fourth-order valence-electron chi connectivity index (χ4n) is 2.48. The van der Waals surface area contributed by atoms with Gasteiger partial charge in [-0.15, -0.1) is 11.3 Å². The van der Waals surface area contributed by atoms with Crippen molar-refractivity contribution in [1.82, 2.24) is 4.72 Å². The SMILES string of the molecule is COc1ccc2cc(C(C)C(=O)NS(=O)(=O)c3cccs3)ccc2c1. The second kappa shape index (κ2) is 6.85. The number of ether oxygens (including phenoxy) is 1. The Morgan fingerprint density at radius 3 is 2.52 bits per heavy atom. The van der Waals surface area contributed by atoms with Crippen molar-refractivity contribution < 1.29 is 17.9 Å². The highest BCUT2D eigenvalue weighted by Gasteiger charge is 2.23. The Balaban J connectivity index is 1.83. The summed E-state index contributed by atoms with van der Waals surface area (Å²) in [4.78, 5) is 12.4. The van der Waals surface area contributed by atoms with E-state index in [1.165, 1.54) is 6.07 Å². The molecule has 0 fully saturated rings. The van der Waals surface area contributed by atoms with Gasteiger partial charge in [0.15, 0.2) is 0 Å². The molecule has 3 aromatic rings. The molecule has 0 radical (unpaired) electrons. The predicted octanol–water partition coefficient (Wildman–Crippen LogP) is 3.52. The smallest absolute Gasteiger partial charge is 0.273 e. The van der Waals surface area contributed by atoms with Crippen LogP contribution in [0.15, 0.2) is 58.1 Å². The number of methoxy groups -OCH3 is 1. The zero-order valence-electron chi connectivity index (χ0n) is 13.7. The first-order valence-corrected chi connectivity index (χ1v) is 9.95. The lowest BCUT2D eigenvalue weighted by Crippen LogP contribution is -2.33. The highest BCUT2D eigenvalue weighted by molar-refractivity contribution is 7.92. The second-order valence-electron chi connectivity index (χ2n) is 5.60. The Morgan fingerprint density at radius 1 is 1.12 bits per heavy atom. The maximum atomic E-state index is 12.4. The summed E-state index contributed by atoms with van der Waals surface area (Å²) in [5.41, 5.74) is 0.747. The molecule has 3 rings (SSSR count). The summed E-state index contributed by atoms with van der Waals surface area (Å²) in [6.45, 7) is 1.68. The summed E-state index contributed by atoms with van der Waals surface area (Å²) in [5, 5.41) is 3.60. The van der Waals surface area contributed by atoms with E-state index in [0.717, 1.165) is 33.4 Å². The molecule has 0 aliphatic carbocycles. The van der Waals surface area contributed by atoms with Gasteiger partial charge in [0.2, 0.25) is 5.91 Å². The number of rotatable bonds is 5. The number of benzene rings is 2. The summed E-state index contributed by atoms with van der Waals surface area (Å²) >= 11 is 1.07. The van der Waals surface area contributed by atoms with Crippen LogP contribution in [0.4, 0.5) is 0 Å². The van der Waals surface area contributed by atoms with Gasteiger partial charge in [-0.3, -0.25) is 4.79 Å². The lowest BCUT2D eigenvalue weighted by atomic mass is 9.97. The van der Waals surface area contributed by atoms with Crippen molar-refractivity contribution in [3.05, 3.63) is 59.5 Å². The Labute approximate surface area is 150 Å². The van der Waals surface area contributed by atoms with Crippen LogP contribution in [0.2, 0.25) is 0 Å². The third-order valence-corrected chi connectivity index (χ3v) is 6.70. The largest absolute Gasteiger partial charge is 0.497 e. The monoisotopic (exact) mass is 375 g/mol. The van der Waals surface area contributed by atoms with Crippen LogP contribution >= 0.6 is 11.3 Å². The van der Waals surface area contributed by atoms with Gasteiger partial charge < -0.3 is 4.74 Å². The first kappa shape index (κ1) is 17.4. The molecule has 0 saturated heterocycles. The lowest BCUT2D eigenvalue weighted by Gasteiger charge is -2.13. The number of amides is 1. The van der Waals surface area contributed by atoms with Crippen molar-refractivity contribution in [2.75, 3.05) is 7.11 Å². The Morgan fingerprint density at radius 2 is 1.84 bits per heavy atom. The zero-order chi connectivity index (χ0) is 18.0. The third kappa shape index (κ3) is 3.67. The van der Waals surface area contributed by atoms with Gasteiger partial charge in [0.25, 0.3) is 10.0 Å². The van der Waals surface area contributed by atoms with E-state index in [-0.39, 0.29) is 4.21 Å². The average molecular weight is 375 g/mol. The van der Waals surface area contributed by atoms with Gasteiger partial charge >= 0.3 is 0 Å². The van der Waals surface area contributed by atoms with Crippen molar-refractivity contribution in [2.24, 2.45) is 0 Å².